The SMILES string of the molecule is CSCC(=O)N1CC[C@H](NC(=O)NC(C)C)[C@H]1C(=O)N(C)CC(N)=O. The summed E-state index contributed by atoms with van der Waals surface area (Å²) in [6, 6.07) is -1.81. The van der Waals surface area contributed by atoms with Crippen molar-refractivity contribution < 1.29 is 19.2 Å². The smallest absolute Gasteiger partial charge is 0.315 e. The first-order valence-corrected chi connectivity index (χ1v) is 9.45. The number of nitrogens with one attached hydrogen (secondary N) is 2. The third kappa shape index (κ3) is 6.11. The molecule has 1 rings (SSSR count). The van der Waals surface area contributed by atoms with Crippen LogP contribution in [-0.4, -0.2) is 83.8 Å². The first-order valence-electron chi connectivity index (χ1n) is 8.06. The molecule has 2 atom stereocenters. The predicted molar refractivity (Wildman–Crippen MR) is 95.9 cm³/mol. The van der Waals surface area contributed by atoms with Crippen LogP contribution in [0.3, 0.4) is 0 Å². The molecular formula is C15H27N5O4S. The number of carbonyl (C=O) groups is 4. The van der Waals surface area contributed by atoms with Crippen LogP contribution in [0.2, 0.25) is 0 Å². The van der Waals surface area contributed by atoms with Gasteiger partial charge in [-0.2, -0.15) is 11.8 Å². The summed E-state index contributed by atoms with van der Waals surface area (Å²) >= 11 is 1.36. The first kappa shape index (κ1) is 21.1. The van der Waals surface area contributed by atoms with Crippen LogP contribution in [0.5, 0.6) is 0 Å². The fourth-order valence-electron chi connectivity index (χ4n) is 2.74. The summed E-state index contributed by atoms with van der Waals surface area (Å²) in [6.45, 7) is 3.77. The molecule has 0 saturated carbocycles. The molecule has 1 fully saturated rings. The monoisotopic (exact) mass is 373 g/mol. The maximum Gasteiger partial charge on any atom is 0.315 e. The number of thioether (sulfide) groups is 1. The third-order valence-electron chi connectivity index (χ3n) is 3.74. The van der Waals surface area contributed by atoms with Gasteiger partial charge in [-0.25, -0.2) is 4.79 Å². The molecule has 25 heavy (non-hydrogen) atoms. The zero-order chi connectivity index (χ0) is 19.1. The Morgan fingerprint density at radius 2 is 1.96 bits per heavy atom. The van der Waals surface area contributed by atoms with Gasteiger partial charge in [0.1, 0.15) is 6.04 Å². The fourth-order valence-corrected chi connectivity index (χ4v) is 3.16. The van der Waals surface area contributed by atoms with E-state index in [2.05, 4.69) is 10.6 Å². The van der Waals surface area contributed by atoms with Gasteiger partial charge in [0.05, 0.1) is 18.3 Å². The lowest BCUT2D eigenvalue weighted by atomic mass is 10.1. The molecule has 9 nitrogen and oxygen atoms in total. The van der Waals surface area contributed by atoms with Gasteiger partial charge in [0, 0.05) is 19.6 Å². The van der Waals surface area contributed by atoms with Crippen molar-refractivity contribution in [2.24, 2.45) is 5.73 Å². The lowest BCUT2D eigenvalue weighted by molar-refractivity contribution is -0.143. The average molecular weight is 373 g/mol. The van der Waals surface area contributed by atoms with Gasteiger partial charge >= 0.3 is 6.03 Å². The van der Waals surface area contributed by atoms with E-state index in [1.807, 2.05) is 13.8 Å². The zero-order valence-corrected chi connectivity index (χ0v) is 15.9. The maximum atomic E-state index is 12.8. The average Bonchev–Trinajstić information content (AvgIpc) is 2.88. The van der Waals surface area contributed by atoms with Crippen molar-refractivity contribution in [2.75, 3.05) is 32.1 Å². The standard InChI is InChI=1S/C15H27N5O4S/c1-9(2)17-15(24)18-10-5-6-20(12(22)8-25-4)13(10)14(23)19(3)7-11(16)21/h9-10,13H,5-8H2,1-4H3,(H2,16,21)(H2,17,18,24)/t10-,13-/m0/s1. The minimum absolute atomic E-state index is 0.0534. The summed E-state index contributed by atoms with van der Waals surface area (Å²) in [5.74, 6) is -0.987. The van der Waals surface area contributed by atoms with Crippen molar-refractivity contribution in [3.63, 3.8) is 0 Å². The summed E-state index contributed by atoms with van der Waals surface area (Å²) in [5.41, 5.74) is 5.15. The van der Waals surface area contributed by atoms with Crippen molar-refractivity contribution in [3.05, 3.63) is 0 Å². The second-order valence-electron chi connectivity index (χ2n) is 6.29. The molecule has 0 spiro atoms. The molecule has 0 aliphatic carbocycles. The zero-order valence-electron chi connectivity index (χ0n) is 15.1. The molecule has 0 aromatic rings. The molecule has 0 aromatic carbocycles. The van der Waals surface area contributed by atoms with Gasteiger partial charge in [-0.05, 0) is 26.5 Å². The Balaban J connectivity index is 2.95. The van der Waals surface area contributed by atoms with Gasteiger partial charge in [0.25, 0.3) is 0 Å². The summed E-state index contributed by atoms with van der Waals surface area (Å²) in [7, 11) is 1.45. The van der Waals surface area contributed by atoms with Gasteiger partial charge in [-0.3, -0.25) is 14.4 Å². The number of hydrogen-bond donors (Lipinski definition) is 3. The molecule has 5 amide bonds. The van der Waals surface area contributed by atoms with Crippen molar-refractivity contribution >= 4 is 35.5 Å². The number of nitrogens with zero attached hydrogens (tertiary/aromatic N) is 2. The van der Waals surface area contributed by atoms with Crippen LogP contribution < -0.4 is 16.4 Å². The molecule has 10 heteroatoms. The predicted octanol–water partition coefficient (Wildman–Crippen LogP) is -1.03. The number of hydrogen-bond acceptors (Lipinski definition) is 5. The molecule has 142 valence electrons. The van der Waals surface area contributed by atoms with Crippen molar-refractivity contribution in [1.82, 2.24) is 20.4 Å². The summed E-state index contributed by atoms with van der Waals surface area (Å²) in [6.07, 6.45) is 2.27. The Morgan fingerprint density at radius 3 is 2.48 bits per heavy atom. The molecule has 0 unspecified atom stereocenters. The normalized spacial score (nSPS) is 19.6. The molecule has 1 saturated heterocycles. The Labute approximate surface area is 152 Å². The second-order valence-corrected chi connectivity index (χ2v) is 7.16. The van der Waals surface area contributed by atoms with E-state index in [4.69, 9.17) is 5.73 Å². The van der Waals surface area contributed by atoms with Gasteiger partial charge in [0.15, 0.2) is 0 Å². The molecule has 0 radical (unpaired) electrons. The van der Waals surface area contributed by atoms with Crippen molar-refractivity contribution in [2.45, 2.75) is 38.4 Å². The third-order valence-corrected chi connectivity index (χ3v) is 4.28. The number of urea groups is 1. The van der Waals surface area contributed by atoms with E-state index in [1.54, 1.807) is 6.26 Å². The molecule has 1 aliphatic rings. The van der Waals surface area contributed by atoms with Gasteiger partial charge < -0.3 is 26.2 Å². The van der Waals surface area contributed by atoms with E-state index in [0.717, 1.165) is 0 Å². The highest BCUT2D eigenvalue weighted by Gasteiger charge is 2.43. The van der Waals surface area contributed by atoms with Crippen LogP contribution in [0.4, 0.5) is 4.79 Å². The van der Waals surface area contributed by atoms with Gasteiger partial charge in [-0.1, -0.05) is 0 Å². The first-order chi connectivity index (χ1) is 11.7. The minimum atomic E-state index is -0.845. The van der Waals surface area contributed by atoms with E-state index >= 15 is 0 Å². The maximum absolute atomic E-state index is 12.8. The number of primary amides is 1. The fraction of sp³-hybridized carbons (Fsp3) is 0.733. The van der Waals surface area contributed by atoms with Crippen LogP contribution in [0.15, 0.2) is 0 Å². The molecule has 4 N–H and O–H groups in total. The topological polar surface area (TPSA) is 125 Å². The van der Waals surface area contributed by atoms with Crippen molar-refractivity contribution in [3.8, 4) is 0 Å². The van der Waals surface area contributed by atoms with Crippen LogP contribution in [-0.2, 0) is 14.4 Å². The van der Waals surface area contributed by atoms with E-state index in [1.165, 1.54) is 28.6 Å². The number of rotatable bonds is 7. The van der Waals surface area contributed by atoms with Crippen LogP contribution in [0, 0.1) is 0 Å². The van der Waals surface area contributed by atoms with Gasteiger partial charge in [-0.15, -0.1) is 0 Å². The molecule has 0 bridgehead atoms. The van der Waals surface area contributed by atoms with Crippen LogP contribution >= 0.6 is 11.8 Å². The number of carbonyl (C=O) groups excluding carboxylic acids is 4. The van der Waals surface area contributed by atoms with Crippen molar-refractivity contribution in [1.29, 1.82) is 0 Å². The summed E-state index contributed by atoms with van der Waals surface area (Å²) < 4.78 is 0. The quantitative estimate of drug-likeness (QED) is 0.526. The Morgan fingerprint density at radius 1 is 1.32 bits per heavy atom. The number of nitrogens with two attached hydrogens (primary N) is 1. The van der Waals surface area contributed by atoms with Crippen LogP contribution in [0.25, 0.3) is 0 Å². The molecule has 1 aliphatic heterocycles. The highest BCUT2D eigenvalue weighted by Crippen LogP contribution is 2.21. The Hall–Kier alpha value is -1.97. The largest absolute Gasteiger partial charge is 0.368 e. The van der Waals surface area contributed by atoms with Crippen LogP contribution in [0.1, 0.15) is 20.3 Å². The highest BCUT2D eigenvalue weighted by atomic mass is 32.2. The Kier molecular flexibility index (Phi) is 8.01. The number of likely N-dealkylation sites (N-methyl/N-ethyl adjacent to an activating group) is 1. The summed E-state index contributed by atoms with van der Waals surface area (Å²) in [4.78, 5) is 50.8. The Bertz CT molecular complexity index is 528. The summed E-state index contributed by atoms with van der Waals surface area (Å²) in [5, 5.41) is 5.47. The minimum Gasteiger partial charge on any atom is -0.368 e. The molecular weight excluding hydrogens is 346 g/mol. The van der Waals surface area contributed by atoms with E-state index < -0.39 is 29.9 Å². The number of likely N-dealkylation sites (tertiary alicyclic amines) is 1. The molecule has 0 aromatic heterocycles. The van der Waals surface area contributed by atoms with E-state index in [-0.39, 0.29) is 24.2 Å². The lowest BCUT2D eigenvalue weighted by Crippen LogP contribution is -2.57. The van der Waals surface area contributed by atoms with E-state index in [0.29, 0.717) is 13.0 Å². The molecule has 1 heterocycles. The lowest BCUT2D eigenvalue weighted by Gasteiger charge is -2.30. The second kappa shape index (κ2) is 9.50. The van der Waals surface area contributed by atoms with Gasteiger partial charge in [0.2, 0.25) is 17.7 Å². The highest BCUT2D eigenvalue weighted by molar-refractivity contribution is 7.99. The van der Waals surface area contributed by atoms with E-state index in [9.17, 15) is 19.2 Å². The number of amides is 5.